The molecule has 0 aliphatic carbocycles. The number of anilines is 1. The van der Waals surface area contributed by atoms with Crippen molar-refractivity contribution in [2.45, 2.75) is 39.2 Å². The van der Waals surface area contributed by atoms with Crippen molar-refractivity contribution in [3.63, 3.8) is 0 Å². The first kappa shape index (κ1) is 15.5. The van der Waals surface area contributed by atoms with E-state index in [0.717, 1.165) is 6.42 Å². The Morgan fingerprint density at radius 2 is 2.19 bits per heavy atom. The van der Waals surface area contributed by atoms with E-state index in [1.54, 1.807) is 30.0 Å². The fraction of sp³-hybridized carbons (Fsp3) is 0.500. The van der Waals surface area contributed by atoms with Crippen molar-refractivity contribution in [2.24, 2.45) is 5.73 Å². The minimum atomic E-state index is -0.483. The van der Waals surface area contributed by atoms with Crippen molar-refractivity contribution in [1.29, 1.82) is 0 Å². The van der Waals surface area contributed by atoms with Crippen LogP contribution < -0.4 is 15.4 Å². The fourth-order valence-corrected chi connectivity index (χ4v) is 2.44. The van der Waals surface area contributed by atoms with Gasteiger partial charge in [-0.1, -0.05) is 6.92 Å². The number of hydrogen-bond donors (Lipinski definition) is 1. The lowest BCUT2D eigenvalue weighted by Crippen LogP contribution is -2.44. The summed E-state index contributed by atoms with van der Waals surface area (Å²) < 4.78 is 5.61. The van der Waals surface area contributed by atoms with Crippen LogP contribution in [0, 0.1) is 0 Å². The number of rotatable bonds is 6. The molecule has 0 bridgehead atoms. The molecule has 114 valence electrons. The molecule has 0 radical (unpaired) electrons. The Kier molecular flexibility index (Phi) is 4.96. The Hall–Kier alpha value is -1.88. The fourth-order valence-electron chi connectivity index (χ4n) is 2.44. The summed E-state index contributed by atoms with van der Waals surface area (Å²) in [6, 6.07) is 5.29. The molecule has 1 amide bonds. The molecule has 0 saturated heterocycles. The zero-order chi connectivity index (χ0) is 15.4. The Bertz CT molecular complexity index is 542. The lowest BCUT2D eigenvalue weighted by molar-refractivity contribution is -0.125. The van der Waals surface area contributed by atoms with Crippen LogP contribution >= 0.6 is 0 Å². The van der Waals surface area contributed by atoms with E-state index >= 15 is 0 Å². The van der Waals surface area contributed by atoms with Gasteiger partial charge in [-0.15, -0.1) is 0 Å². The van der Waals surface area contributed by atoms with Crippen LogP contribution in [0.2, 0.25) is 0 Å². The molecule has 1 unspecified atom stereocenters. The van der Waals surface area contributed by atoms with Gasteiger partial charge in [0.25, 0.3) is 5.91 Å². The van der Waals surface area contributed by atoms with Gasteiger partial charge in [-0.25, -0.2) is 0 Å². The highest BCUT2D eigenvalue weighted by atomic mass is 16.5. The van der Waals surface area contributed by atoms with Crippen LogP contribution in [0.3, 0.4) is 0 Å². The van der Waals surface area contributed by atoms with Gasteiger partial charge in [0.1, 0.15) is 5.75 Å². The Morgan fingerprint density at radius 1 is 1.43 bits per heavy atom. The Morgan fingerprint density at radius 3 is 2.86 bits per heavy atom. The highest BCUT2D eigenvalue weighted by molar-refractivity contribution is 6.03. The van der Waals surface area contributed by atoms with Gasteiger partial charge < -0.3 is 15.4 Å². The number of nitrogens with zero attached hydrogens (tertiary/aromatic N) is 1. The van der Waals surface area contributed by atoms with Gasteiger partial charge in [0.05, 0.1) is 5.69 Å². The third-order valence-electron chi connectivity index (χ3n) is 3.54. The average Bonchev–Trinajstić information content (AvgIpc) is 2.49. The molecule has 0 aromatic heterocycles. The highest BCUT2D eigenvalue weighted by Crippen LogP contribution is 2.35. The van der Waals surface area contributed by atoms with Gasteiger partial charge in [-0.05, 0) is 44.5 Å². The molecule has 1 aromatic rings. The van der Waals surface area contributed by atoms with Gasteiger partial charge >= 0.3 is 0 Å². The Balaban J connectivity index is 2.32. The van der Waals surface area contributed by atoms with Crippen LogP contribution in [0.4, 0.5) is 5.69 Å². The van der Waals surface area contributed by atoms with Crippen LogP contribution in [-0.2, 0) is 4.79 Å². The number of carbonyl (C=O) groups is 2. The molecular weight excluding hydrogens is 268 g/mol. The second-order valence-corrected chi connectivity index (χ2v) is 5.25. The third kappa shape index (κ3) is 3.24. The minimum absolute atomic E-state index is 0.0470. The Labute approximate surface area is 125 Å². The van der Waals surface area contributed by atoms with E-state index in [0.29, 0.717) is 42.9 Å². The average molecular weight is 290 g/mol. The number of fused-ring (bicyclic) bond motifs is 1. The normalized spacial score (nSPS) is 17.4. The topological polar surface area (TPSA) is 72.6 Å². The third-order valence-corrected chi connectivity index (χ3v) is 3.54. The van der Waals surface area contributed by atoms with E-state index in [2.05, 4.69) is 0 Å². The number of benzene rings is 1. The number of Topliss-reactive ketones (excluding diaryl/α,β-unsaturated/α-hetero) is 1. The molecule has 1 heterocycles. The first-order chi connectivity index (χ1) is 10.1. The number of amides is 1. The van der Waals surface area contributed by atoms with Crippen molar-refractivity contribution < 1.29 is 14.3 Å². The number of nitrogens with two attached hydrogens (primary N) is 1. The largest absolute Gasteiger partial charge is 0.479 e. The maximum Gasteiger partial charge on any atom is 0.267 e. The van der Waals surface area contributed by atoms with Crippen molar-refractivity contribution >= 4 is 17.4 Å². The summed E-state index contributed by atoms with van der Waals surface area (Å²) in [6.07, 6.45) is 1.46. The molecule has 2 rings (SSSR count). The van der Waals surface area contributed by atoms with E-state index in [-0.39, 0.29) is 11.7 Å². The number of ether oxygens (including phenoxy) is 1. The molecule has 2 N–H and O–H groups in total. The molecular formula is C16H22N2O3. The van der Waals surface area contributed by atoms with Gasteiger partial charge in [0.15, 0.2) is 11.9 Å². The molecule has 1 aromatic carbocycles. The van der Waals surface area contributed by atoms with Crippen molar-refractivity contribution in [3.05, 3.63) is 23.8 Å². The minimum Gasteiger partial charge on any atom is -0.479 e. The molecule has 1 aliphatic heterocycles. The number of hydrogen-bond acceptors (Lipinski definition) is 4. The molecule has 0 fully saturated rings. The predicted molar refractivity (Wildman–Crippen MR) is 81.8 cm³/mol. The van der Waals surface area contributed by atoms with Crippen LogP contribution in [0.1, 0.15) is 43.5 Å². The first-order valence-corrected chi connectivity index (χ1v) is 7.43. The standard InChI is InChI=1S/C16H22N2O3/c1-3-9-18-13-10-12(14(19)5-4-8-17)6-7-15(13)21-11(2)16(18)20/h6-7,10-11H,3-5,8-9,17H2,1-2H3. The molecule has 5 nitrogen and oxygen atoms in total. The van der Waals surface area contributed by atoms with Gasteiger partial charge in [-0.3, -0.25) is 9.59 Å². The van der Waals surface area contributed by atoms with Crippen molar-refractivity contribution in [2.75, 3.05) is 18.0 Å². The van der Waals surface area contributed by atoms with E-state index in [9.17, 15) is 9.59 Å². The number of ketones is 1. The van der Waals surface area contributed by atoms with E-state index in [4.69, 9.17) is 10.5 Å². The highest BCUT2D eigenvalue weighted by Gasteiger charge is 2.31. The zero-order valence-corrected chi connectivity index (χ0v) is 12.6. The van der Waals surface area contributed by atoms with Crippen LogP contribution in [0.25, 0.3) is 0 Å². The van der Waals surface area contributed by atoms with Gasteiger partial charge in [-0.2, -0.15) is 0 Å². The molecule has 1 aliphatic rings. The first-order valence-electron chi connectivity index (χ1n) is 7.43. The monoisotopic (exact) mass is 290 g/mol. The van der Waals surface area contributed by atoms with Crippen molar-refractivity contribution in [3.8, 4) is 5.75 Å². The summed E-state index contributed by atoms with van der Waals surface area (Å²) in [6.45, 7) is 4.88. The summed E-state index contributed by atoms with van der Waals surface area (Å²) in [5.41, 5.74) is 6.73. The number of carbonyl (C=O) groups excluding carboxylic acids is 2. The summed E-state index contributed by atoms with van der Waals surface area (Å²) in [7, 11) is 0. The molecule has 0 saturated carbocycles. The smallest absolute Gasteiger partial charge is 0.267 e. The lowest BCUT2D eigenvalue weighted by atomic mass is 10.0. The predicted octanol–water partition coefficient (Wildman–Crippen LogP) is 2.13. The zero-order valence-electron chi connectivity index (χ0n) is 12.6. The quantitative estimate of drug-likeness (QED) is 0.815. The maximum atomic E-state index is 12.2. The van der Waals surface area contributed by atoms with E-state index in [1.165, 1.54) is 0 Å². The molecule has 0 spiro atoms. The second-order valence-electron chi connectivity index (χ2n) is 5.25. The van der Waals surface area contributed by atoms with Crippen molar-refractivity contribution in [1.82, 2.24) is 0 Å². The van der Waals surface area contributed by atoms with Crippen LogP contribution in [0.5, 0.6) is 5.75 Å². The SMILES string of the molecule is CCCN1C(=O)C(C)Oc2ccc(C(=O)CCCN)cc21. The lowest BCUT2D eigenvalue weighted by Gasteiger charge is -2.33. The van der Waals surface area contributed by atoms with E-state index in [1.807, 2.05) is 6.92 Å². The molecule has 5 heteroatoms. The summed E-state index contributed by atoms with van der Waals surface area (Å²) in [5, 5.41) is 0. The molecule has 1 atom stereocenters. The summed E-state index contributed by atoms with van der Waals surface area (Å²) in [4.78, 5) is 26.0. The van der Waals surface area contributed by atoms with Gasteiger partial charge in [0.2, 0.25) is 0 Å². The van der Waals surface area contributed by atoms with E-state index < -0.39 is 6.10 Å². The summed E-state index contributed by atoms with van der Waals surface area (Å²) >= 11 is 0. The summed E-state index contributed by atoms with van der Waals surface area (Å²) in [5.74, 6) is 0.646. The second kappa shape index (κ2) is 6.72. The van der Waals surface area contributed by atoms with Crippen LogP contribution in [0.15, 0.2) is 18.2 Å². The van der Waals surface area contributed by atoms with Gasteiger partial charge in [0, 0.05) is 18.5 Å². The van der Waals surface area contributed by atoms with Crippen LogP contribution in [-0.4, -0.2) is 30.9 Å². The molecule has 21 heavy (non-hydrogen) atoms. The maximum absolute atomic E-state index is 12.2.